The number of hydrogen-bond acceptors (Lipinski definition) is 4. The Morgan fingerprint density at radius 1 is 1.14 bits per heavy atom. The van der Waals surface area contributed by atoms with E-state index in [0.717, 1.165) is 60.6 Å². The van der Waals surface area contributed by atoms with Crippen molar-refractivity contribution in [2.45, 2.75) is 97.7 Å². The van der Waals surface area contributed by atoms with Gasteiger partial charge >= 0.3 is 0 Å². The van der Waals surface area contributed by atoms with E-state index in [0.29, 0.717) is 24.9 Å². The summed E-state index contributed by atoms with van der Waals surface area (Å²) in [4.78, 5) is 54.0. The van der Waals surface area contributed by atoms with Gasteiger partial charge in [0, 0.05) is 47.5 Å². The number of Topliss-reactive ketones (excluding diaryl/α,β-unsaturated/α-hetero) is 2. The molecule has 7 heteroatoms. The maximum Gasteiger partial charge on any atom is 0.243 e. The number of ketones is 2. The molecule has 0 unspecified atom stereocenters. The first kappa shape index (κ1) is 25.7. The summed E-state index contributed by atoms with van der Waals surface area (Å²) in [7, 11) is 0. The molecule has 1 aromatic heterocycles. The van der Waals surface area contributed by atoms with Crippen LogP contribution in [0.2, 0.25) is 0 Å². The average molecular weight is 506 g/mol. The summed E-state index contributed by atoms with van der Waals surface area (Å²) in [6, 6.07) is 3.74. The van der Waals surface area contributed by atoms with Gasteiger partial charge in [-0.15, -0.1) is 0 Å². The second kappa shape index (κ2) is 9.73. The number of carbonyl (C=O) groups excluding carboxylic acids is 4. The highest BCUT2D eigenvalue weighted by Crippen LogP contribution is 2.59. The van der Waals surface area contributed by atoms with Crippen LogP contribution in [0.25, 0.3) is 10.9 Å². The highest BCUT2D eigenvalue weighted by molar-refractivity contribution is 6.08. The summed E-state index contributed by atoms with van der Waals surface area (Å²) in [6.07, 6.45) is 8.31. The van der Waals surface area contributed by atoms with Crippen molar-refractivity contribution in [1.82, 2.24) is 14.8 Å². The molecule has 1 N–H and O–H groups in total. The van der Waals surface area contributed by atoms with E-state index in [-0.39, 0.29) is 47.3 Å². The van der Waals surface area contributed by atoms with Crippen molar-refractivity contribution in [3.63, 3.8) is 0 Å². The van der Waals surface area contributed by atoms with E-state index in [9.17, 15) is 19.2 Å². The average Bonchev–Trinajstić information content (AvgIpc) is 3.27. The van der Waals surface area contributed by atoms with E-state index >= 15 is 0 Å². The van der Waals surface area contributed by atoms with Gasteiger partial charge in [-0.25, -0.2) is 0 Å². The van der Waals surface area contributed by atoms with E-state index in [1.807, 2.05) is 42.5 Å². The van der Waals surface area contributed by atoms with Crippen LogP contribution < -0.4 is 5.32 Å². The molecule has 37 heavy (non-hydrogen) atoms. The van der Waals surface area contributed by atoms with Gasteiger partial charge < -0.3 is 14.8 Å². The van der Waals surface area contributed by atoms with Crippen LogP contribution >= 0.6 is 0 Å². The Kier molecular flexibility index (Phi) is 6.75. The molecule has 0 spiro atoms. The lowest BCUT2D eigenvalue weighted by Crippen LogP contribution is -2.44. The molecule has 2 fully saturated rings. The summed E-state index contributed by atoms with van der Waals surface area (Å²) in [5.41, 5.74) is 3.63. The van der Waals surface area contributed by atoms with E-state index < -0.39 is 6.04 Å². The Bertz CT molecular complexity index is 1280. The number of amides is 2. The van der Waals surface area contributed by atoms with E-state index in [2.05, 4.69) is 11.4 Å². The Morgan fingerprint density at radius 2 is 1.92 bits per heavy atom. The SMILES string of the molecule is CCC(=O)[C@@H]1C[C@]23CNC(=O)[C@@H](C)CCCCCc4cc(C)cc5c(C(C)=O)cn(c45)CC(=O)N1[C@@H]2C3. The van der Waals surface area contributed by atoms with Crippen molar-refractivity contribution in [2.75, 3.05) is 6.54 Å². The number of nitrogens with one attached hydrogen (secondary N) is 1. The van der Waals surface area contributed by atoms with Crippen LogP contribution in [0.15, 0.2) is 18.3 Å². The van der Waals surface area contributed by atoms with Crippen LogP contribution in [0.4, 0.5) is 0 Å². The summed E-state index contributed by atoms with van der Waals surface area (Å²) >= 11 is 0. The molecule has 2 aromatic rings. The maximum atomic E-state index is 13.9. The van der Waals surface area contributed by atoms with Gasteiger partial charge in [0.05, 0.1) is 11.6 Å². The zero-order chi connectivity index (χ0) is 26.5. The number of rotatable bonds is 3. The highest BCUT2D eigenvalue weighted by Gasteiger charge is 2.66. The number of aromatic nitrogens is 1. The predicted molar refractivity (Wildman–Crippen MR) is 142 cm³/mol. The molecule has 7 nitrogen and oxygen atoms in total. The lowest BCUT2D eigenvalue weighted by atomic mass is 9.95. The molecule has 2 aliphatic heterocycles. The first-order chi connectivity index (χ1) is 17.6. The van der Waals surface area contributed by atoms with Gasteiger partial charge in [0.1, 0.15) is 6.54 Å². The molecular formula is C30H39N3O4. The first-order valence-corrected chi connectivity index (χ1v) is 13.9. The number of carbonyl (C=O) groups is 4. The van der Waals surface area contributed by atoms with Crippen LogP contribution in [0.5, 0.6) is 0 Å². The van der Waals surface area contributed by atoms with Crippen molar-refractivity contribution in [3.8, 4) is 0 Å². The van der Waals surface area contributed by atoms with E-state index in [4.69, 9.17) is 0 Å². The Morgan fingerprint density at radius 3 is 2.65 bits per heavy atom. The van der Waals surface area contributed by atoms with Gasteiger partial charge in [-0.1, -0.05) is 38.3 Å². The zero-order valence-electron chi connectivity index (χ0n) is 22.6. The third-order valence-corrected chi connectivity index (χ3v) is 8.95. The molecule has 198 valence electrons. The molecule has 5 rings (SSSR count). The Labute approximate surface area is 218 Å². The number of nitrogens with zero attached hydrogens (tertiary/aromatic N) is 2. The molecule has 1 aliphatic carbocycles. The van der Waals surface area contributed by atoms with Crippen molar-refractivity contribution in [2.24, 2.45) is 11.3 Å². The van der Waals surface area contributed by atoms with E-state index in [1.54, 1.807) is 6.92 Å². The monoisotopic (exact) mass is 505 g/mol. The fraction of sp³-hybridized carbons (Fsp3) is 0.600. The molecule has 3 aliphatic rings. The highest BCUT2D eigenvalue weighted by atomic mass is 16.2. The summed E-state index contributed by atoms with van der Waals surface area (Å²) in [5, 5.41) is 4.05. The van der Waals surface area contributed by atoms with Crippen molar-refractivity contribution in [3.05, 3.63) is 35.0 Å². The van der Waals surface area contributed by atoms with Crippen molar-refractivity contribution < 1.29 is 19.2 Å². The van der Waals surface area contributed by atoms with Crippen LogP contribution in [-0.2, 0) is 27.3 Å². The second-order valence-electron chi connectivity index (χ2n) is 11.7. The van der Waals surface area contributed by atoms with Crippen LogP contribution in [0.3, 0.4) is 0 Å². The molecule has 2 amide bonds. The minimum Gasteiger partial charge on any atom is -0.355 e. The third kappa shape index (κ3) is 4.62. The molecule has 3 heterocycles. The molecular weight excluding hydrogens is 466 g/mol. The quantitative estimate of drug-likeness (QED) is 0.628. The van der Waals surface area contributed by atoms with Gasteiger partial charge in [-0.2, -0.15) is 0 Å². The standard InChI is InChI=1S/C30H39N3O4/c1-5-25(35)24-13-30-14-26(30)33(24)27(36)16-32-15-23(20(4)34)22-12-18(2)11-21(28(22)32)10-8-6-7-9-19(3)29(37)31-17-30/h11-12,15,19,24,26H,5-10,13-14,16-17H2,1-4H3,(H,31,37)/t19-,24-,26+,30-/m0/s1. The molecule has 1 saturated carbocycles. The molecule has 4 atom stereocenters. The Hall–Kier alpha value is -2.96. The van der Waals surface area contributed by atoms with Crippen LogP contribution in [-0.4, -0.2) is 51.5 Å². The minimum absolute atomic E-state index is 0.0129. The molecule has 0 radical (unpaired) electrons. The first-order valence-electron chi connectivity index (χ1n) is 13.9. The smallest absolute Gasteiger partial charge is 0.243 e. The fourth-order valence-electron chi connectivity index (χ4n) is 6.78. The number of benzene rings is 1. The lowest BCUT2D eigenvalue weighted by molar-refractivity contribution is -0.139. The summed E-state index contributed by atoms with van der Waals surface area (Å²) in [5.74, 6) is -0.00928. The van der Waals surface area contributed by atoms with Gasteiger partial charge in [0.2, 0.25) is 11.8 Å². The van der Waals surface area contributed by atoms with Gasteiger partial charge in [0.25, 0.3) is 0 Å². The van der Waals surface area contributed by atoms with Gasteiger partial charge in [-0.3, -0.25) is 19.2 Å². The largest absolute Gasteiger partial charge is 0.355 e. The van der Waals surface area contributed by atoms with Crippen LogP contribution in [0, 0.1) is 18.3 Å². The predicted octanol–water partition coefficient (Wildman–Crippen LogP) is 4.36. The third-order valence-electron chi connectivity index (χ3n) is 8.95. The second-order valence-corrected chi connectivity index (χ2v) is 11.7. The molecule has 2 bridgehead atoms. The number of hydrogen-bond donors (Lipinski definition) is 1. The maximum absolute atomic E-state index is 13.9. The van der Waals surface area contributed by atoms with Crippen molar-refractivity contribution in [1.29, 1.82) is 0 Å². The number of aryl methyl sites for hydroxylation is 2. The van der Waals surface area contributed by atoms with Gasteiger partial charge in [0.15, 0.2) is 11.6 Å². The van der Waals surface area contributed by atoms with Gasteiger partial charge in [-0.05, 0) is 57.6 Å². The van der Waals surface area contributed by atoms with Crippen molar-refractivity contribution >= 4 is 34.3 Å². The zero-order valence-corrected chi connectivity index (χ0v) is 22.6. The normalized spacial score (nSPS) is 28.5. The summed E-state index contributed by atoms with van der Waals surface area (Å²) in [6.45, 7) is 8.07. The molecule has 1 saturated heterocycles. The number of piperidine rings is 1. The summed E-state index contributed by atoms with van der Waals surface area (Å²) < 4.78 is 1.95. The van der Waals surface area contributed by atoms with Crippen LogP contribution in [0.1, 0.15) is 87.2 Å². The Balaban J connectivity index is 1.56. The fourth-order valence-corrected chi connectivity index (χ4v) is 6.78. The van der Waals surface area contributed by atoms with E-state index in [1.165, 1.54) is 0 Å². The minimum atomic E-state index is -0.444. The lowest BCUT2D eigenvalue weighted by Gasteiger charge is -2.27. The topological polar surface area (TPSA) is 88.5 Å². The molecule has 1 aromatic carbocycles.